The molecule has 0 atom stereocenters. The molecule has 2 aromatic carbocycles. The van der Waals surface area contributed by atoms with Gasteiger partial charge in [-0.25, -0.2) is 0 Å². The summed E-state index contributed by atoms with van der Waals surface area (Å²) in [6, 6.07) is 16.4. The van der Waals surface area contributed by atoms with E-state index in [-0.39, 0.29) is 12.5 Å². The molecule has 2 aliphatic heterocycles. The Balaban J connectivity index is 1.25. The van der Waals surface area contributed by atoms with Gasteiger partial charge in [-0.3, -0.25) is 4.79 Å². The van der Waals surface area contributed by atoms with Crippen LogP contribution in [0.2, 0.25) is 0 Å². The molecule has 0 aromatic heterocycles. The predicted octanol–water partition coefficient (Wildman–Crippen LogP) is 4.68. The van der Waals surface area contributed by atoms with Crippen molar-refractivity contribution in [2.24, 2.45) is 0 Å². The number of carbonyl (C=O) groups excluding carboxylic acids is 1. The lowest BCUT2D eigenvalue weighted by molar-refractivity contribution is -0.133. The molecule has 2 aliphatic rings. The van der Waals surface area contributed by atoms with Crippen LogP contribution in [0.15, 0.2) is 48.5 Å². The molecular formula is C24H30N2O3S2. The lowest BCUT2D eigenvalue weighted by Crippen LogP contribution is -2.38. The molecule has 0 aliphatic carbocycles. The van der Waals surface area contributed by atoms with Crippen LogP contribution in [0, 0.1) is 0 Å². The fraction of sp³-hybridized carbons (Fsp3) is 0.458. The molecule has 2 heterocycles. The first-order valence-electron chi connectivity index (χ1n) is 10.9. The molecule has 31 heavy (non-hydrogen) atoms. The van der Waals surface area contributed by atoms with Crippen LogP contribution in [0.4, 0.5) is 5.69 Å². The first-order chi connectivity index (χ1) is 15.2. The highest BCUT2D eigenvalue weighted by molar-refractivity contribution is 8.16. The van der Waals surface area contributed by atoms with Gasteiger partial charge >= 0.3 is 0 Å². The first kappa shape index (κ1) is 22.2. The van der Waals surface area contributed by atoms with Gasteiger partial charge in [0, 0.05) is 31.9 Å². The fourth-order valence-corrected chi connectivity index (χ4v) is 6.75. The Morgan fingerprint density at radius 2 is 1.61 bits per heavy atom. The number of methoxy groups -OCH3 is 1. The number of carbonyl (C=O) groups is 1. The molecule has 0 radical (unpaired) electrons. The number of hydrogen-bond acceptors (Lipinski definition) is 6. The normalized spacial score (nSPS) is 17.8. The Hall–Kier alpha value is -1.99. The van der Waals surface area contributed by atoms with E-state index in [0.29, 0.717) is 11.1 Å². The van der Waals surface area contributed by atoms with E-state index in [0.717, 1.165) is 37.6 Å². The third kappa shape index (κ3) is 6.04. The van der Waals surface area contributed by atoms with Crippen LogP contribution in [0.3, 0.4) is 0 Å². The minimum atomic E-state index is 0.0547. The van der Waals surface area contributed by atoms with Crippen molar-refractivity contribution in [3.8, 4) is 11.5 Å². The number of thioether (sulfide) groups is 2. The highest BCUT2D eigenvalue weighted by Crippen LogP contribution is 2.43. The van der Waals surface area contributed by atoms with Crippen molar-refractivity contribution < 1.29 is 14.3 Å². The molecule has 1 amide bonds. The van der Waals surface area contributed by atoms with E-state index in [1.54, 1.807) is 7.11 Å². The summed E-state index contributed by atoms with van der Waals surface area (Å²) in [4.78, 5) is 17.0. The van der Waals surface area contributed by atoms with Crippen molar-refractivity contribution in [2.75, 3.05) is 56.3 Å². The summed E-state index contributed by atoms with van der Waals surface area (Å²) in [6.45, 7) is 3.33. The number of hydrogen-bond donors (Lipinski definition) is 0. The molecule has 2 fully saturated rings. The number of rotatable bonds is 6. The summed E-state index contributed by atoms with van der Waals surface area (Å²) >= 11 is 4.03. The van der Waals surface area contributed by atoms with E-state index >= 15 is 0 Å². The quantitative estimate of drug-likeness (QED) is 0.626. The Morgan fingerprint density at radius 1 is 0.903 bits per heavy atom. The van der Waals surface area contributed by atoms with Gasteiger partial charge in [0.15, 0.2) is 6.61 Å². The van der Waals surface area contributed by atoms with Gasteiger partial charge in [0.05, 0.1) is 11.7 Å². The molecule has 0 saturated carbocycles. The van der Waals surface area contributed by atoms with Crippen LogP contribution in [-0.2, 0) is 4.79 Å². The Kier molecular flexibility index (Phi) is 7.92. The van der Waals surface area contributed by atoms with Gasteiger partial charge in [-0.15, -0.1) is 23.5 Å². The Morgan fingerprint density at radius 3 is 2.32 bits per heavy atom. The summed E-state index contributed by atoms with van der Waals surface area (Å²) in [5, 5.41) is 0. The number of nitrogens with zero attached hydrogens (tertiary/aromatic N) is 2. The zero-order valence-electron chi connectivity index (χ0n) is 18.0. The largest absolute Gasteiger partial charge is 0.497 e. The van der Waals surface area contributed by atoms with E-state index in [9.17, 15) is 4.79 Å². The van der Waals surface area contributed by atoms with E-state index < -0.39 is 0 Å². The van der Waals surface area contributed by atoms with Crippen molar-refractivity contribution in [1.29, 1.82) is 0 Å². The van der Waals surface area contributed by atoms with Crippen LogP contribution in [-0.4, -0.2) is 62.2 Å². The molecule has 0 spiro atoms. The smallest absolute Gasteiger partial charge is 0.260 e. The molecule has 166 valence electrons. The van der Waals surface area contributed by atoms with Crippen molar-refractivity contribution in [3.63, 3.8) is 0 Å². The SMILES string of the molecule is COc1ccc(N2CCCN(C(=O)COc3ccc(C4SCCCS4)cc3)CC2)cc1. The number of anilines is 1. The summed E-state index contributed by atoms with van der Waals surface area (Å²) in [7, 11) is 1.68. The topological polar surface area (TPSA) is 42.0 Å². The number of ether oxygens (including phenoxy) is 2. The van der Waals surface area contributed by atoms with Crippen molar-refractivity contribution in [2.45, 2.75) is 17.4 Å². The van der Waals surface area contributed by atoms with Crippen molar-refractivity contribution in [1.82, 2.24) is 4.90 Å². The van der Waals surface area contributed by atoms with Crippen LogP contribution in [0.25, 0.3) is 0 Å². The molecule has 7 heteroatoms. The van der Waals surface area contributed by atoms with E-state index in [2.05, 4.69) is 29.2 Å². The third-order valence-electron chi connectivity index (χ3n) is 5.63. The summed E-state index contributed by atoms with van der Waals surface area (Å²) in [5.41, 5.74) is 2.50. The second-order valence-electron chi connectivity index (χ2n) is 7.70. The van der Waals surface area contributed by atoms with E-state index in [1.165, 1.54) is 29.2 Å². The lowest BCUT2D eigenvalue weighted by Gasteiger charge is -2.24. The third-order valence-corrected chi connectivity index (χ3v) is 8.64. The molecule has 2 saturated heterocycles. The summed E-state index contributed by atoms with van der Waals surface area (Å²) in [5.74, 6) is 4.14. The molecule has 2 aromatic rings. The first-order valence-corrected chi connectivity index (χ1v) is 13.0. The number of benzene rings is 2. The molecular weight excluding hydrogens is 428 g/mol. The zero-order valence-corrected chi connectivity index (χ0v) is 19.6. The Labute approximate surface area is 193 Å². The lowest BCUT2D eigenvalue weighted by atomic mass is 10.2. The van der Waals surface area contributed by atoms with Gasteiger partial charge in [-0.05, 0) is 66.3 Å². The predicted molar refractivity (Wildman–Crippen MR) is 131 cm³/mol. The van der Waals surface area contributed by atoms with Crippen LogP contribution in [0.5, 0.6) is 11.5 Å². The maximum atomic E-state index is 12.7. The van der Waals surface area contributed by atoms with Gasteiger partial charge in [0.2, 0.25) is 0 Å². The van der Waals surface area contributed by atoms with Crippen molar-refractivity contribution in [3.05, 3.63) is 54.1 Å². The summed E-state index contributed by atoms with van der Waals surface area (Å²) < 4.78 is 11.6. The average molecular weight is 459 g/mol. The van der Waals surface area contributed by atoms with Crippen molar-refractivity contribution >= 4 is 35.1 Å². The highest BCUT2D eigenvalue weighted by Gasteiger charge is 2.20. The van der Waals surface area contributed by atoms with Gasteiger partial charge in [0.1, 0.15) is 11.5 Å². The zero-order chi connectivity index (χ0) is 21.5. The molecule has 0 unspecified atom stereocenters. The Bertz CT molecular complexity index is 839. The highest BCUT2D eigenvalue weighted by atomic mass is 32.2. The van der Waals surface area contributed by atoms with Gasteiger partial charge in [-0.1, -0.05) is 12.1 Å². The van der Waals surface area contributed by atoms with Crippen LogP contribution >= 0.6 is 23.5 Å². The second-order valence-corrected chi connectivity index (χ2v) is 10.4. The minimum absolute atomic E-state index is 0.0547. The van der Waals surface area contributed by atoms with E-state index in [4.69, 9.17) is 9.47 Å². The van der Waals surface area contributed by atoms with Gasteiger partial charge in [-0.2, -0.15) is 0 Å². The maximum Gasteiger partial charge on any atom is 0.260 e. The molecule has 0 bridgehead atoms. The van der Waals surface area contributed by atoms with Gasteiger partial charge in [0.25, 0.3) is 5.91 Å². The number of amides is 1. The maximum absolute atomic E-state index is 12.7. The monoisotopic (exact) mass is 458 g/mol. The van der Waals surface area contributed by atoms with E-state index in [1.807, 2.05) is 52.7 Å². The minimum Gasteiger partial charge on any atom is -0.497 e. The average Bonchev–Trinajstić information content (AvgIpc) is 3.10. The molecule has 4 rings (SSSR count). The van der Waals surface area contributed by atoms with Gasteiger partial charge < -0.3 is 19.3 Å². The van der Waals surface area contributed by atoms with Crippen LogP contribution in [0.1, 0.15) is 23.0 Å². The standard InChI is InChI=1S/C24H30N2O3S2/c1-28-21-10-6-20(7-11-21)25-12-2-13-26(15-14-25)23(27)18-29-22-8-4-19(5-9-22)24-30-16-3-17-31-24/h4-11,24H,2-3,12-18H2,1H3. The fourth-order valence-electron chi connectivity index (χ4n) is 3.86. The molecule has 0 N–H and O–H groups in total. The summed E-state index contributed by atoms with van der Waals surface area (Å²) in [6.07, 6.45) is 2.24. The second kappa shape index (κ2) is 11.0. The molecule has 5 nitrogen and oxygen atoms in total. The van der Waals surface area contributed by atoms with Crippen LogP contribution < -0.4 is 14.4 Å².